The molecule has 2 aromatic heterocycles. The second kappa shape index (κ2) is 5.28. The molecule has 1 aliphatic carbocycles. The number of hydrogen-bond donors (Lipinski definition) is 1. The summed E-state index contributed by atoms with van der Waals surface area (Å²) in [5, 5.41) is 4.04. The van der Waals surface area contributed by atoms with Gasteiger partial charge in [-0.2, -0.15) is 4.98 Å². The van der Waals surface area contributed by atoms with Gasteiger partial charge in [-0.3, -0.25) is 0 Å². The van der Waals surface area contributed by atoms with Gasteiger partial charge in [0.1, 0.15) is 12.0 Å². The maximum Gasteiger partial charge on any atom is 0.234 e. The van der Waals surface area contributed by atoms with Crippen LogP contribution in [-0.2, 0) is 5.41 Å². The van der Waals surface area contributed by atoms with Crippen molar-refractivity contribution >= 4 is 0 Å². The molecule has 1 fully saturated rings. The Morgan fingerprint density at radius 1 is 1.40 bits per heavy atom. The molecule has 2 N–H and O–H groups in total. The number of nitrogens with two attached hydrogens (primary N) is 1. The largest absolute Gasteiger partial charge is 0.338 e. The molecule has 0 radical (unpaired) electrons. The summed E-state index contributed by atoms with van der Waals surface area (Å²) < 4.78 is 5.49. The zero-order valence-electron chi connectivity index (χ0n) is 11.6. The van der Waals surface area contributed by atoms with E-state index in [0.717, 1.165) is 31.6 Å². The average Bonchev–Trinajstić information content (AvgIpc) is 3.00. The lowest BCUT2D eigenvalue weighted by atomic mass is 9.71. The minimum absolute atomic E-state index is 0.162. The van der Waals surface area contributed by atoms with Crippen molar-refractivity contribution in [3.63, 3.8) is 0 Å². The fourth-order valence-electron chi connectivity index (χ4n) is 2.79. The first-order valence-corrected chi connectivity index (χ1v) is 7.04. The fourth-order valence-corrected chi connectivity index (χ4v) is 2.79. The molecule has 20 heavy (non-hydrogen) atoms. The zero-order chi connectivity index (χ0) is 14.0. The second-order valence-corrected chi connectivity index (χ2v) is 5.68. The van der Waals surface area contributed by atoms with E-state index < -0.39 is 0 Å². The van der Waals surface area contributed by atoms with Crippen molar-refractivity contribution < 1.29 is 4.52 Å². The van der Waals surface area contributed by atoms with Crippen molar-refractivity contribution in [2.45, 2.75) is 38.0 Å². The highest BCUT2D eigenvalue weighted by atomic mass is 16.5. The molecule has 0 aliphatic heterocycles. The molecule has 0 unspecified atom stereocenters. The summed E-state index contributed by atoms with van der Waals surface area (Å²) in [6, 6.07) is 1.77. The van der Waals surface area contributed by atoms with Crippen LogP contribution in [0, 0.1) is 5.92 Å². The van der Waals surface area contributed by atoms with Crippen LogP contribution in [0.2, 0.25) is 0 Å². The highest BCUT2D eigenvalue weighted by molar-refractivity contribution is 5.46. The molecule has 2 heterocycles. The molecule has 0 atom stereocenters. The second-order valence-electron chi connectivity index (χ2n) is 5.68. The van der Waals surface area contributed by atoms with Gasteiger partial charge >= 0.3 is 0 Å². The molecule has 1 aliphatic rings. The van der Waals surface area contributed by atoms with E-state index in [9.17, 15) is 0 Å². The molecule has 6 nitrogen and oxygen atoms in total. The monoisotopic (exact) mass is 273 g/mol. The molecule has 1 saturated carbocycles. The quantitative estimate of drug-likeness (QED) is 0.918. The molecule has 106 valence electrons. The van der Waals surface area contributed by atoms with Gasteiger partial charge in [0.15, 0.2) is 0 Å². The Hall–Kier alpha value is -1.82. The number of hydrogen-bond acceptors (Lipinski definition) is 6. The van der Waals surface area contributed by atoms with Crippen LogP contribution in [-0.4, -0.2) is 26.7 Å². The lowest BCUT2D eigenvalue weighted by Gasteiger charge is -2.35. The Labute approximate surface area is 117 Å². The predicted molar refractivity (Wildman–Crippen MR) is 73.7 cm³/mol. The van der Waals surface area contributed by atoms with Crippen LogP contribution in [0.15, 0.2) is 23.1 Å². The molecule has 0 saturated heterocycles. The highest BCUT2D eigenvalue weighted by Crippen LogP contribution is 2.40. The third-order valence-electron chi connectivity index (χ3n) is 4.31. The SMILES string of the molecule is CC1CCC(CN)(c2nc(-c3ccncn3)no2)CC1. The van der Waals surface area contributed by atoms with Gasteiger partial charge in [0.05, 0.1) is 5.41 Å². The van der Waals surface area contributed by atoms with Gasteiger partial charge in [0, 0.05) is 12.7 Å². The molecular weight excluding hydrogens is 254 g/mol. The number of nitrogens with zero attached hydrogens (tertiary/aromatic N) is 4. The summed E-state index contributed by atoms with van der Waals surface area (Å²) in [6.45, 7) is 2.83. The topological polar surface area (TPSA) is 90.7 Å². The van der Waals surface area contributed by atoms with Crippen molar-refractivity contribution in [1.29, 1.82) is 0 Å². The molecule has 0 amide bonds. The van der Waals surface area contributed by atoms with E-state index in [1.54, 1.807) is 12.3 Å². The van der Waals surface area contributed by atoms with E-state index in [-0.39, 0.29) is 5.41 Å². The molecule has 0 spiro atoms. The molecule has 6 heteroatoms. The average molecular weight is 273 g/mol. The summed E-state index contributed by atoms with van der Waals surface area (Å²) in [4.78, 5) is 12.6. The van der Waals surface area contributed by atoms with Gasteiger partial charge in [-0.15, -0.1) is 0 Å². The first kappa shape index (κ1) is 13.2. The summed E-state index contributed by atoms with van der Waals surface area (Å²) in [7, 11) is 0. The number of aromatic nitrogens is 4. The zero-order valence-corrected chi connectivity index (χ0v) is 11.6. The summed E-state index contributed by atoms with van der Waals surface area (Å²) in [6.07, 6.45) is 7.47. The van der Waals surface area contributed by atoms with Crippen LogP contribution in [0.5, 0.6) is 0 Å². The van der Waals surface area contributed by atoms with Gasteiger partial charge in [0.2, 0.25) is 11.7 Å². The van der Waals surface area contributed by atoms with E-state index >= 15 is 0 Å². The van der Waals surface area contributed by atoms with Crippen LogP contribution in [0.1, 0.15) is 38.5 Å². The Kier molecular flexibility index (Phi) is 3.48. The normalized spacial score (nSPS) is 26.6. The molecule has 0 bridgehead atoms. The van der Waals surface area contributed by atoms with E-state index in [1.807, 2.05) is 0 Å². The van der Waals surface area contributed by atoms with E-state index in [0.29, 0.717) is 24.0 Å². The third-order valence-corrected chi connectivity index (χ3v) is 4.31. The van der Waals surface area contributed by atoms with E-state index in [1.165, 1.54) is 6.33 Å². The van der Waals surface area contributed by atoms with Crippen molar-refractivity contribution in [2.75, 3.05) is 6.54 Å². The summed E-state index contributed by atoms with van der Waals surface area (Å²) in [5.74, 6) is 1.91. The van der Waals surface area contributed by atoms with E-state index in [4.69, 9.17) is 10.3 Å². The van der Waals surface area contributed by atoms with Gasteiger partial charge in [-0.05, 0) is 37.7 Å². The smallest absolute Gasteiger partial charge is 0.234 e. The Morgan fingerprint density at radius 2 is 2.20 bits per heavy atom. The lowest BCUT2D eigenvalue weighted by molar-refractivity contribution is 0.191. The highest BCUT2D eigenvalue weighted by Gasteiger charge is 2.39. The van der Waals surface area contributed by atoms with Crippen LogP contribution < -0.4 is 5.73 Å². The van der Waals surface area contributed by atoms with Gasteiger partial charge < -0.3 is 10.3 Å². The maximum absolute atomic E-state index is 6.01. The lowest BCUT2D eigenvalue weighted by Crippen LogP contribution is -2.39. The van der Waals surface area contributed by atoms with Crippen molar-refractivity contribution in [2.24, 2.45) is 11.7 Å². The summed E-state index contributed by atoms with van der Waals surface area (Å²) >= 11 is 0. The minimum atomic E-state index is -0.162. The van der Waals surface area contributed by atoms with Gasteiger partial charge in [-0.25, -0.2) is 9.97 Å². The molecule has 3 rings (SSSR count). The van der Waals surface area contributed by atoms with Gasteiger partial charge in [-0.1, -0.05) is 12.1 Å². The van der Waals surface area contributed by atoms with E-state index in [2.05, 4.69) is 27.0 Å². The van der Waals surface area contributed by atoms with Crippen LogP contribution in [0.4, 0.5) is 0 Å². The molecular formula is C14H19N5O. The number of rotatable bonds is 3. The standard InChI is InChI=1S/C14H19N5O/c1-10-2-5-14(8-15,6-3-10)13-18-12(19-20-13)11-4-7-16-9-17-11/h4,7,9-10H,2-3,5-6,8,15H2,1H3. The Morgan fingerprint density at radius 3 is 2.85 bits per heavy atom. The van der Waals surface area contributed by atoms with Crippen molar-refractivity contribution in [3.8, 4) is 11.5 Å². The first-order chi connectivity index (χ1) is 9.73. The first-order valence-electron chi connectivity index (χ1n) is 7.04. The predicted octanol–water partition coefficient (Wildman–Crippen LogP) is 1.93. The van der Waals surface area contributed by atoms with Crippen molar-refractivity contribution in [3.05, 3.63) is 24.5 Å². The van der Waals surface area contributed by atoms with Crippen LogP contribution >= 0.6 is 0 Å². The summed E-state index contributed by atoms with van der Waals surface area (Å²) in [5.41, 5.74) is 6.52. The maximum atomic E-state index is 6.01. The van der Waals surface area contributed by atoms with Crippen LogP contribution in [0.25, 0.3) is 11.5 Å². The third kappa shape index (κ3) is 2.31. The minimum Gasteiger partial charge on any atom is -0.338 e. The fraction of sp³-hybridized carbons (Fsp3) is 0.571. The van der Waals surface area contributed by atoms with Crippen LogP contribution in [0.3, 0.4) is 0 Å². The Bertz CT molecular complexity index is 560. The van der Waals surface area contributed by atoms with Gasteiger partial charge in [0.25, 0.3) is 0 Å². The molecule has 0 aromatic carbocycles. The van der Waals surface area contributed by atoms with Crippen molar-refractivity contribution in [1.82, 2.24) is 20.1 Å². The molecule has 2 aromatic rings. The Balaban J connectivity index is 1.89.